The lowest BCUT2D eigenvalue weighted by Crippen LogP contribution is -1.97. The van der Waals surface area contributed by atoms with Gasteiger partial charge in [-0.25, -0.2) is 0 Å². The van der Waals surface area contributed by atoms with Gasteiger partial charge in [0.25, 0.3) is 0 Å². The SMILES string of the molecule is OCc1cc(Cl)ccc1OCc1cnoc1. The number of aliphatic hydroxyl groups excluding tert-OH is 1. The van der Waals surface area contributed by atoms with Crippen LogP contribution in [0.1, 0.15) is 11.1 Å². The van der Waals surface area contributed by atoms with Crippen molar-refractivity contribution >= 4 is 11.6 Å². The number of rotatable bonds is 4. The molecule has 0 fully saturated rings. The molecule has 0 saturated carbocycles. The predicted molar refractivity (Wildman–Crippen MR) is 58.2 cm³/mol. The molecule has 0 spiro atoms. The van der Waals surface area contributed by atoms with Crippen molar-refractivity contribution in [1.29, 1.82) is 0 Å². The van der Waals surface area contributed by atoms with E-state index in [9.17, 15) is 0 Å². The molecule has 1 N–H and O–H groups in total. The molecule has 0 atom stereocenters. The van der Waals surface area contributed by atoms with Crippen LogP contribution in [0.25, 0.3) is 0 Å². The standard InChI is InChI=1S/C11H10ClNO3/c12-10-1-2-11(9(3-10)5-14)15-6-8-4-13-16-7-8/h1-4,7,14H,5-6H2. The van der Waals surface area contributed by atoms with E-state index in [2.05, 4.69) is 9.68 Å². The fourth-order valence-corrected chi connectivity index (χ4v) is 1.47. The molecule has 0 aliphatic heterocycles. The fourth-order valence-electron chi connectivity index (χ4n) is 1.27. The van der Waals surface area contributed by atoms with Crippen LogP contribution in [0.2, 0.25) is 5.02 Å². The van der Waals surface area contributed by atoms with E-state index in [1.54, 1.807) is 24.4 Å². The van der Waals surface area contributed by atoms with Gasteiger partial charge in [-0.1, -0.05) is 16.8 Å². The molecule has 1 aromatic carbocycles. The molecule has 84 valence electrons. The number of benzene rings is 1. The summed E-state index contributed by atoms with van der Waals surface area (Å²) in [5.74, 6) is 0.605. The van der Waals surface area contributed by atoms with E-state index in [1.165, 1.54) is 6.26 Å². The van der Waals surface area contributed by atoms with Gasteiger partial charge in [0.1, 0.15) is 18.6 Å². The summed E-state index contributed by atoms with van der Waals surface area (Å²) in [5.41, 5.74) is 1.49. The maximum absolute atomic E-state index is 9.13. The smallest absolute Gasteiger partial charge is 0.130 e. The summed E-state index contributed by atoms with van der Waals surface area (Å²) >= 11 is 5.80. The van der Waals surface area contributed by atoms with Gasteiger partial charge in [0.15, 0.2) is 0 Å². The summed E-state index contributed by atoms with van der Waals surface area (Å²) in [6, 6.07) is 5.11. The second-order valence-electron chi connectivity index (χ2n) is 3.23. The van der Waals surface area contributed by atoms with Crippen LogP contribution < -0.4 is 4.74 Å². The molecular weight excluding hydrogens is 230 g/mol. The van der Waals surface area contributed by atoms with Gasteiger partial charge >= 0.3 is 0 Å². The Morgan fingerprint density at radius 2 is 2.31 bits per heavy atom. The minimum absolute atomic E-state index is 0.112. The molecule has 0 unspecified atom stereocenters. The Balaban J connectivity index is 2.09. The monoisotopic (exact) mass is 239 g/mol. The summed E-state index contributed by atoms with van der Waals surface area (Å²) in [4.78, 5) is 0. The van der Waals surface area contributed by atoms with Crippen molar-refractivity contribution in [2.45, 2.75) is 13.2 Å². The molecule has 0 saturated heterocycles. The Morgan fingerprint density at radius 1 is 1.44 bits per heavy atom. The van der Waals surface area contributed by atoms with Gasteiger partial charge < -0.3 is 14.4 Å². The normalized spacial score (nSPS) is 10.4. The summed E-state index contributed by atoms with van der Waals surface area (Å²) < 4.78 is 10.2. The molecule has 1 heterocycles. The third kappa shape index (κ3) is 2.53. The lowest BCUT2D eigenvalue weighted by atomic mass is 10.2. The Hall–Kier alpha value is -1.52. The molecule has 4 nitrogen and oxygen atoms in total. The van der Waals surface area contributed by atoms with E-state index in [0.717, 1.165) is 5.56 Å². The van der Waals surface area contributed by atoms with Crippen LogP contribution in [0, 0.1) is 0 Å². The molecule has 1 aromatic heterocycles. The van der Waals surface area contributed by atoms with Crippen molar-refractivity contribution in [2.24, 2.45) is 0 Å². The van der Waals surface area contributed by atoms with Gasteiger partial charge in [0.2, 0.25) is 0 Å². The summed E-state index contributed by atoms with van der Waals surface area (Å²) in [6.07, 6.45) is 3.09. The average molecular weight is 240 g/mol. The third-order valence-corrected chi connectivity index (χ3v) is 2.31. The lowest BCUT2D eigenvalue weighted by molar-refractivity contribution is 0.258. The van der Waals surface area contributed by atoms with Gasteiger partial charge in [0.05, 0.1) is 12.8 Å². The van der Waals surface area contributed by atoms with Crippen LogP contribution in [-0.2, 0) is 13.2 Å². The first-order valence-corrected chi connectivity index (χ1v) is 5.07. The van der Waals surface area contributed by atoms with E-state index >= 15 is 0 Å². The number of halogens is 1. The quantitative estimate of drug-likeness (QED) is 0.890. The zero-order valence-corrected chi connectivity index (χ0v) is 9.15. The summed E-state index contributed by atoms with van der Waals surface area (Å²) in [6.45, 7) is 0.234. The van der Waals surface area contributed by atoms with Gasteiger partial charge in [-0.15, -0.1) is 0 Å². The maximum atomic E-state index is 9.13. The number of aliphatic hydroxyl groups is 1. The minimum atomic E-state index is -0.112. The number of hydrogen-bond acceptors (Lipinski definition) is 4. The van der Waals surface area contributed by atoms with Gasteiger partial charge in [-0.05, 0) is 18.2 Å². The maximum Gasteiger partial charge on any atom is 0.130 e. The minimum Gasteiger partial charge on any atom is -0.488 e. The van der Waals surface area contributed by atoms with E-state index in [1.807, 2.05) is 0 Å². The van der Waals surface area contributed by atoms with E-state index < -0.39 is 0 Å². The molecular formula is C11H10ClNO3. The first kappa shape index (κ1) is 11.0. The van der Waals surface area contributed by atoms with E-state index in [4.69, 9.17) is 21.4 Å². The van der Waals surface area contributed by atoms with Gasteiger partial charge in [-0.2, -0.15) is 0 Å². The Labute approximate surface area is 97.4 Å². The highest BCUT2D eigenvalue weighted by molar-refractivity contribution is 6.30. The van der Waals surface area contributed by atoms with Gasteiger partial charge in [-0.3, -0.25) is 0 Å². The number of aromatic nitrogens is 1. The number of hydrogen-bond donors (Lipinski definition) is 1. The topological polar surface area (TPSA) is 55.5 Å². The first-order chi connectivity index (χ1) is 7.79. The zero-order valence-electron chi connectivity index (χ0n) is 8.39. The molecule has 2 aromatic rings. The predicted octanol–water partition coefficient (Wildman–Crippen LogP) is 2.40. The van der Waals surface area contributed by atoms with Crippen molar-refractivity contribution in [3.05, 3.63) is 46.8 Å². The summed E-state index contributed by atoms with van der Waals surface area (Å²) in [5, 5.41) is 13.3. The number of nitrogens with zero attached hydrogens (tertiary/aromatic N) is 1. The highest BCUT2D eigenvalue weighted by Crippen LogP contribution is 2.23. The van der Waals surface area contributed by atoms with E-state index in [-0.39, 0.29) is 6.61 Å². The van der Waals surface area contributed by atoms with Crippen LogP contribution in [0.5, 0.6) is 5.75 Å². The molecule has 0 radical (unpaired) electrons. The Kier molecular flexibility index (Phi) is 3.44. The molecule has 16 heavy (non-hydrogen) atoms. The molecule has 0 aliphatic carbocycles. The van der Waals surface area contributed by atoms with Crippen molar-refractivity contribution in [2.75, 3.05) is 0 Å². The lowest BCUT2D eigenvalue weighted by Gasteiger charge is -2.09. The number of ether oxygens (including phenoxy) is 1. The van der Waals surface area contributed by atoms with Crippen molar-refractivity contribution in [3.8, 4) is 5.75 Å². The average Bonchev–Trinajstić information content (AvgIpc) is 2.80. The second kappa shape index (κ2) is 5.01. The molecule has 0 aliphatic rings. The highest BCUT2D eigenvalue weighted by atomic mass is 35.5. The van der Waals surface area contributed by atoms with Crippen LogP contribution in [-0.4, -0.2) is 10.3 Å². The van der Waals surface area contributed by atoms with Crippen molar-refractivity contribution in [3.63, 3.8) is 0 Å². The van der Waals surface area contributed by atoms with Gasteiger partial charge in [0, 0.05) is 16.1 Å². The van der Waals surface area contributed by atoms with E-state index in [0.29, 0.717) is 22.9 Å². The molecule has 2 rings (SSSR count). The Morgan fingerprint density at radius 3 is 3.00 bits per heavy atom. The second-order valence-corrected chi connectivity index (χ2v) is 3.67. The van der Waals surface area contributed by atoms with Crippen molar-refractivity contribution < 1.29 is 14.4 Å². The van der Waals surface area contributed by atoms with Crippen LogP contribution in [0.15, 0.2) is 35.2 Å². The zero-order chi connectivity index (χ0) is 11.4. The van der Waals surface area contributed by atoms with Crippen LogP contribution in [0.4, 0.5) is 0 Å². The Bertz CT molecular complexity index is 456. The van der Waals surface area contributed by atoms with Crippen LogP contribution in [0.3, 0.4) is 0 Å². The largest absolute Gasteiger partial charge is 0.488 e. The first-order valence-electron chi connectivity index (χ1n) is 4.70. The highest BCUT2D eigenvalue weighted by Gasteiger charge is 2.04. The third-order valence-electron chi connectivity index (χ3n) is 2.07. The summed E-state index contributed by atoms with van der Waals surface area (Å²) in [7, 11) is 0. The molecule has 0 bridgehead atoms. The van der Waals surface area contributed by atoms with Crippen molar-refractivity contribution in [1.82, 2.24) is 5.16 Å². The molecule has 5 heteroatoms. The molecule has 0 amide bonds. The fraction of sp³-hybridized carbons (Fsp3) is 0.182. The van der Waals surface area contributed by atoms with Crippen LogP contribution >= 0.6 is 11.6 Å².